The molecule has 0 amide bonds. The minimum atomic E-state index is -4.46. The van der Waals surface area contributed by atoms with E-state index in [0.29, 0.717) is 17.2 Å². The molecular formula is C26H31F3N6. The molecule has 1 saturated heterocycles. The van der Waals surface area contributed by atoms with Gasteiger partial charge >= 0.3 is 6.18 Å². The third-order valence-electron chi connectivity index (χ3n) is 7.15. The van der Waals surface area contributed by atoms with Crippen molar-refractivity contribution in [3.05, 3.63) is 52.3 Å². The van der Waals surface area contributed by atoms with Crippen LogP contribution in [0.15, 0.2) is 24.3 Å². The zero-order valence-corrected chi connectivity index (χ0v) is 20.3. The Balaban J connectivity index is 1.57. The number of aromatic nitrogens is 2. The Hall–Kier alpha value is -3.07. The normalized spacial score (nSPS) is 17.6. The van der Waals surface area contributed by atoms with Gasteiger partial charge in [0.05, 0.1) is 17.1 Å². The monoisotopic (exact) mass is 484 g/mol. The summed E-state index contributed by atoms with van der Waals surface area (Å²) in [5, 5.41) is 4.29. The molecule has 0 radical (unpaired) electrons. The first-order valence-corrected chi connectivity index (χ1v) is 12.1. The van der Waals surface area contributed by atoms with Crippen molar-refractivity contribution in [1.82, 2.24) is 14.9 Å². The molecule has 1 atom stereocenters. The molecule has 1 fully saturated rings. The van der Waals surface area contributed by atoms with Gasteiger partial charge in [-0.05, 0) is 81.1 Å². The molecule has 3 N–H and O–H groups in total. The lowest BCUT2D eigenvalue weighted by Gasteiger charge is -2.35. The second-order valence-electron chi connectivity index (χ2n) is 9.76. The van der Waals surface area contributed by atoms with Crippen molar-refractivity contribution in [2.24, 2.45) is 0 Å². The summed E-state index contributed by atoms with van der Waals surface area (Å²) < 4.78 is 40.1. The van der Waals surface area contributed by atoms with E-state index < -0.39 is 17.8 Å². The molecule has 5 rings (SSSR count). The lowest BCUT2D eigenvalue weighted by molar-refractivity contribution is -0.137. The van der Waals surface area contributed by atoms with Gasteiger partial charge in [-0.2, -0.15) is 13.2 Å². The second kappa shape index (κ2) is 8.86. The molecule has 1 aliphatic heterocycles. The van der Waals surface area contributed by atoms with E-state index >= 15 is 0 Å². The Morgan fingerprint density at radius 1 is 1.00 bits per heavy atom. The number of hydrogen-bond donors (Lipinski definition) is 2. The number of aryl methyl sites for hydroxylation is 2. The average Bonchev–Trinajstić information content (AvgIpc) is 3.29. The quantitative estimate of drug-likeness (QED) is 0.511. The summed E-state index contributed by atoms with van der Waals surface area (Å²) in [5.41, 5.74) is 10.5. The fourth-order valence-corrected chi connectivity index (χ4v) is 5.28. The van der Waals surface area contributed by atoms with Crippen molar-refractivity contribution >= 4 is 28.1 Å². The molecule has 2 aromatic carbocycles. The Morgan fingerprint density at radius 3 is 2.43 bits per heavy atom. The van der Waals surface area contributed by atoms with Gasteiger partial charge in [-0.25, -0.2) is 9.97 Å². The van der Waals surface area contributed by atoms with Crippen molar-refractivity contribution in [3.63, 3.8) is 0 Å². The van der Waals surface area contributed by atoms with Crippen LogP contribution in [0, 0.1) is 6.92 Å². The van der Waals surface area contributed by atoms with Crippen molar-refractivity contribution in [1.29, 1.82) is 0 Å². The summed E-state index contributed by atoms with van der Waals surface area (Å²) in [6.07, 6.45) is -1.34. The Kier molecular flexibility index (Phi) is 5.99. The van der Waals surface area contributed by atoms with E-state index in [2.05, 4.69) is 33.2 Å². The first-order chi connectivity index (χ1) is 16.6. The van der Waals surface area contributed by atoms with Crippen LogP contribution in [0.5, 0.6) is 0 Å². The molecule has 1 aliphatic carbocycles. The van der Waals surface area contributed by atoms with Gasteiger partial charge in [0.25, 0.3) is 0 Å². The number of nitrogens with zero attached hydrogens (tertiary/aromatic N) is 4. The first-order valence-electron chi connectivity index (χ1n) is 12.1. The highest BCUT2D eigenvalue weighted by Gasteiger charge is 2.32. The maximum atomic E-state index is 13.4. The maximum absolute atomic E-state index is 13.4. The topological polar surface area (TPSA) is 70.3 Å². The largest absolute Gasteiger partial charge is 0.416 e. The van der Waals surface area contributed by atoms with Crippen LogP contribution in [0.2, 0.25) is 0 Å². The fourth-order valence-electron chi connectivity index (χ4n) is 5.28. The predicted molar refractivity (Wildman–Crippen MR) is 134 cm³/mol. The van der Waals surface area contributed by atoms with Crippen molar-refractivity contribution in [2.45, 2.75) is 45.3 Å². The van der Waals surface area contributed by atoms with Gasteiger partial charge in [0.2, 0.25) is 0 Å². The third-order valence-corrected chi connectivity index (χ3v) is 7.15. The summed E-state index contributed by atoms with van der Waals surface area (Å²) >= 11 is 0. The minimum absolute atomic E-state index is 0.0855. The summed E-state index contributed by atoms with van der Waals surface area (Å²) in [6.45, 7) is 7.63. The van der Waals surface area contributed by atoms with Crippen LogP contribution in [0.1, 0.15) is 47.5 Å². The van der Waals surface area contributed by atoms with Crippen LogP contribution < -0.4 is 16.0 Å². The molecule has 2 aliphatic rings. The highest BCUT2D eigenvalue weighted by Crippen LogP contribution is 2.40. The SMILES string of the molecule is Cc1nc(NC(C)c2cc(N)cc(C(F)(F)F)c2)c2cc(N3CCN(C)CC3)c3c(c2n1)CCC3. The zero-order chi connectivity index (χ0) is 24.9. The van der Waals surface area contributed by atoms with Gasteiger partial charge in [0, 0.05) is 42.9 Å². The van der Waals surface area contributed by atoms with Gasteiger partial charge < -0.3 is 20.9 Å². The number of halogens is 3. The number of nitrogens with two attached hydrogens (primary N) is 1. The molecule has 0 bridgehead atoms. The molecule has 3 aromatic rings. The van der Waals surface area contributed by atoms with E-state index in [-0.39, 0.29) is 5.69 Å². The first kappa shape index (κ1) is 23.7. The van der Waals surface area contributed by atoms with Crippen molar-refractivity contribution < 1.29 is 13.2 Å². The molecule has 186 valence electrons. The Morgan fingerprint density at radius 2 is 1.71 bits per heavy atom. The maximum Gasteiger partial charge on any atom is 0.416 e. The van der Waals surface area contributed by atoms with Gasteiger partial charge in [-0.3, -0.25) is 0 Å². The number of nitrogen functional groups attached to an aromatic ring is 1. The third kappa shape index (κ3) is 4.61. The van der Waals surface area contributed by atoms with Gasteiger partial charge in [-0.1, -0.05) is 0 Å². The van der Waals surface area contributed by atoms with Gasteiger partial charge in [-0.15, -0.1) is 0 Å². The molecule has 0 spiro atoms. The van der Waals surface area contributed by atoms with Gasteiger partial charge in [0.1, 0.15) is 11.6 Å². The van der Waals surface area contributed by atoms with E-state index in [4.69, 9.17) is 10.7 Å². The lowest BCUT2D eigenvalue weighted by Crippen LogP contribution is -2.44. The molecule has 35 heavy (non-hydrogen) atoms. The number of anilines is 3. The number of benzene rings is 2. The number of nitrogens with one attached hydrogen (secondary N) is 1. The van der Waals surface area contributed by atoms with E-state index in [9.17, 15) is 13.2 Å². The van der Waals surface area contributed by atoms with Gasteiger partial charge in [0.15, 0.2) is 0 Å². The standard InChI is InChI=1S/C26H31F3N6/c1-15(17-11-18(26(27,28)29)13-19(30)12-17)31-25-22-14-23(35-9-7-34(3)8-10-35)20-5-4-6-21(20)24(22)32-16(2)33-25/h11-15H,4-10,30H2,1-3H3,(H,31,32,33). The molecule has 1 aromatic heterocycles. The molecule has 9 heteroatoms. The predicted octanol–water partition coefficient (Wildman–Crippen LogP) is 4.95. The summed E-state index contributed by atoms with van der Waals surface area (Å²) in [6, 6.07) is 5.44. The zero-order valence-electron chi connectivity index (χ0n) is 20.3. The lowest BCUT2D eigenvalue weighted by atomic mass is 10.0. The van der Waals surface area contributed by atoms with Crippen LogP contribution in [-0.2, 0) is 19.0 Å². The van der Waals surface area contributed by atoms with E-state index in [1.165, 1.54) is 16.8 Å². The van der Waals surface area contributed by atoms with Crippen LogP contribution >= 0.6 is 0 Å². The van der Waals surface area contributed by atoms with Crippen LogP contribution in [0.3, 0.4) is 0 Å². The minimum Gasteiger partial charge on any atom is -0.399 e. The van der Waals surface area contributed by atoms with Crippen molar-refractivity contribution in [2.75, 3.05) is 49.2 Å². The van der Waals surface area contributed by atoms with Crippen LogP contribution in [0.4, 0.5) is 30.4 Å². The molecule has 0 saturated carbocycles. The van der Waals surface area contributed by atoms with Crippen LogP contribution in [-0.4, -0.2) is 48.1 Å². The highest BCUT2D eigenvalue weighted by atomic mass is 19.4. The number of rotatable bonds is 4. The summed E-state index contributed by atoms with van der Waals surface area (Å²) in [7, 11) is 2.14. The second-order valence-corrected chi connectivity index (χ2v) is 9.76. The molecule has 1 unspecified atom stereocenters. The number of piperazine rings is 1. The molecular weight excluding hydrogens is 453 g/mol. The number of likely N-dealkylation sites (N-methyl/N-ethyl adjacent to an activating group) is 1. The van der Waals surface area contributed by atoms with E-state index in [1.807, 2.05) is 13.8 Å². The average molecular weight is 485 g/mol. The van der Waals surface area contributed by atoms with E-state index in [1.54, 1.807) is 6.07 Å². The molecule has 6 nitrogen and oxygen atoms in total. The van der Waals surface area contributed by atoms with Crippen LogP contribution in [0.25, 0.3) is 10.9 Å². The molecule has 2 heterocycles. The number of fused-ring (bicyclic) bond motifs is 3. The van der Waals surface area contributed by atoms with Crippen molar-refractivity contribution in [3.8, 4) is 0 Å². The number of hydrogen-bond acceptors (Lipinski definition) is 6. The summed E-state index contributed by atoms with van der Waals surface area (Å²) in [4.78, 5) is 14.3. The summed E-state index contributed by atoms with van der Waals surface area (Å²) in [5.74, 6) is 1.28. The van der Waals surface area contributed by atoms with E-state index in [0.717, 1.165) is 68.5 Å². The fraction of sp³-hybridized carbons (Fsp3) is 0.462. The Bertz CT molecular complexity index is 1260. The smallest absolute Gasteiger partial charge is 0.399 e. The number of alkyl halides is 3. The Labute approximate surface area is 203 Å². The highest BCUT2D eigenvalue weighted by molar-refractivity contribution is 5.96.